The number of imide groups is 2. The number of hydrogen-bond donors (Lipinski definition) is 3. The Morgan fingerprint density at radius 3 is 2.47 bits per heavy atom. The molecule has 0 saturated carbocycles. The molecule has 4 aliphatic rings. The van der Waals surface area contributed by atoms with E-state index in [4.69, 9.17) is 16.3 Å². The quantitative estimate of drug-likeness (QED) is 0.0939. The van der Waals surface area contributed by atoms with Crippen LogP contribution in [0.25, 0.3) is 10.9 Å². The van der Waals surface area contributed by atoms with Crippen LogP contribution in [0.1, 0.15) is 52.8 Å². The van der Waals surface area contributed by atoms with E-state index in [-0.39, 0.29) is 23.4 Å². The number of anilines is 4. The third-order valence-corrected chi connectivity index (χ3v) is 11.9. The molecule has 15 nitrogen and oxygen atoms in total. The fourth-order valence-electron chi connectivity index (χ4n) is 8.37. The molecule has 1 unspecified atom stereocenters. The van der Waals surface area contributed by atoms with Crippen molar-refractivity contribution in [3.63, 3.8) is 0 Å². The van der Waals surface area contributed by atoms with Gasteiger partial charge in [0.2, 0.25) is 17.7 Å². The summed E-state index contributed by atoms with van der Waals surface area (Å²) in [6.07, 6.45) is 5.81. The molecule has 4 aromatic rings. The molecule has 1 aromatic heterocycles. The Balaban J connectivity index is 0.790. The summed E-state index contributed by atoms with van der Waals surface area (Å²) in [5, 5.41) is 8.81. The van der Waals surface area contributed by atoms with Crippen molar-refractivity contribution in [3.05, 3.63) is 89.5 Å². The highest BCUT2D eigenvalue weighted by Gasteiger charge is 2.45. The van der Waals surface area contributed by atoms with Gasteiger partial charge < -0.3 is 25.2 Å². The lowest BCUT2D eigenvalue weighted by molar-refractivity contribution is -0.136. The monoisotopic (exact) mass is 837 g/mol. The number of likely N-dealkylation sites (tertiary alicyclic amines) is 1. The summed E-state index contributed by atoms with van der Waals surface area (Å²) in [6, 6.07) is 12.1. The lowest BCUT2D eigenvalue weighted by Crippen LogP contribution is -2.54. The van der Waals surface area contributed by atoms with Crippen LogP contribution in [0.3, 0.4) is 0 Å². The van der Waals surface area contributed by atoms with Crippen LogP contribution < -0.4 is 25.6 Å². The second-order valence-electron chi connectivity index (χ2n) is 15.5. The van der Waals surface area contributed by atoms with Crippen molar-refractivity contribution in [2.75, 3.05) is 74.5 Å². The Hall–Kier alpha value is -5.97. The number of rotatable bonds is 13. The summed E-state index contributed by atoms with van der Waals surface area (Å²) in [5.74, 6) is -1.40. The molecular formula is C43H45ClFN9O6. The Labute approximate surface area is 350 Å². The third-order valence-electron chi connectivity index (χ3n) is 11.6. The molecule has 5 heterocycles. The van der Waals surface area contributed by atoms with Crippen molar-refractivity contribution >= 4 is 74.9 Å². The van der Waals surface area contributed by atoms with Crippen LogP contribution in [0.2, 0.25) is 5.02 Å². The van der Waals surface area contributed by atoms with Crippen molar-refractivity contribution in [1.29, 1.82) is 0 Å². The van der Waals surface area contributed by atoms with Crippen LogP contribution >= 0.6 is 11.6 Å². The van der Waals surface area contributed by atoms with Crippen LogP contribution in [0, 0.1) is 11.7 Å². The number of carbonyl (C=O) groups is 5. The molecule has 4 aliphatic heterocycles. The molecule has 1 atom stereocenters. The Kier molecular flexibility index (Phi) is 12.0. The van der Waals surface area contributed by atoms with Gasteiger partial charge in [0.05, 0.1) is 34.0 Å². The average Bonchev–Trinajstić information content (AvgIpc) is 3.49. The summed E-state index contributed by atoms with van der Waals surface area (Å²) >= 11 is 5.98. The van der Waals surface area contributed by atoms with Crippen molar-refractivity contribution in [2.24, 2.45) is 5.92 Å². The molecule has 312 valence electrons. The zero-order valence-corrected chi connectivity index (χ0v) is 33.7. The lowest BCUT2D eigenvalue weighted by Gasteiger charge is -2.39. The lowest BCUT2D eigenvalue weighted by atomic mass is 9.95. The number of benzene rings is 3. The van der Waals surface area contributed by atoms with Gasteiger partial charge in [0.1, 0.15) is 29.8 Å². The predicted molar refractivity (Wildman–Crippen MR) is 224 cm³/mol. The van der Waals surface area contributed by atoms with E-state index in [1.807, 2.05) is 6.07 Å². The Morgan fingerprint density at radius 2 is 1.72 bits per heavy atom. The van der Waals surface area contributed by atoms with E-state index in [1.54, 1.807) is 30.3 Å². The fraction of sp³-hybridized carbons (Fsp3) is 0.372. The smallest absolute Gasteiger partial charge is 0.262 e. The molecule has 0 spiro atoms. The number of aromatic nitrogens is 2. The first-order chi connectivity index (χ1) is 29.0. The number of piperidine rings is 2. The van der Waals surface area contributed by atoms with Gasteiger partial charge in [-0.15, -0.1) is 0 Å². The summed E-state index contributed by atoms with van der Waals surface area (Å²) in [5.41, 5.74) is 3.04. The molecular weight excluding hydrogens is 793 g/mol. The minimum atomic E-state index is -0.981. The maximum atomic E-state index is 13.7. The van der Waals surface area contributed by atoms with Crippen LogP contribution in [0.15, 0.2) is 67.5 Å². The molecule has 3 aromatic carbocycles. The Morgan fingerprint density at radius 1 is 0.933 bits per heavy atom. The number of carbonyl (C=O) groups excluding carboxylic acids is 5. The second kappa shape index (κ2) is 17.7. The van der Waals surface area contributed by atoms with Gasteiger partial charge in [0.15, 0.2) is 0 Å². The zero-order chi connectivity index (χ0) is 41.9. The van der Waals surface area contributed by atoms with E-state index >= 15 is 0 Å². The second-order valence-corrected chi connectivity index (χ2v) is 15.9. The standard InChI is InChI=1S/C43H45ClFN9O6/c1-2-38(55)49-35-22-31-34(46-25-47-40(31)48-27-4-7-33(45)32(44)20-27)23-37(35)60-19-3-12-51-13-10-26(11-14-51)24-52-15-17-53(18-16-52)28-5-6-29-30(21-28)43(59)54(42(29)58)36-8-9-39(56)50-41(36)57/h2,4-7,20-23,25-26,36H,1,3,8-19,24H2,(H,49,55)(H,46,47,48)(H,50,56,57). The van der Waals surface area contributed by atoms with Gasteiger partial charge in [0.25, 0.3) is 11.8 Å². The van der Waals surface area contributed by atoms with E-state index in [0.29, 0.717) is 51.9 Å². The predicted octanol–water partition coefficient (Wildman–Crippen LogP) is 4.99. The van der Waals surface area contributed by atoms with Crippen LogP contribution in [-0.4, -0.2) is 119 Å². The van der Waals surface area contributed by atoms with Crippen molar-refractivity contribution in [1.82, 2.24) is 30.0 Å². The van der Waals surface area contributed by atoms with Gasteiger partial charge >= 0.3 is 0 Å². The number of piperazine rings is 1. The molecule has 60 heavy (non-hydrogen) atoms. The maximum Gasteiger partial charge on any atom is 0.262 e. The number of nitrogens with one attached hydrogen (secondary N) is 3. The maximum absolute atomic E-state index is 13.7. The molecule has 5 amide bonds. The Bertz CT molecular complexity index is 2360. The molecule has 3 N–H and O–H groups in total. The first-order valence-electron chi connectivity index (χ1n) is 20.2. The molecule has 3 fully saturated rings. The van der Waals surface area contributed by atoms with E-state index in [0.717, 1.165) is 82.2 Å². The van der Waals surface area contributed by atoms with Gasteiger partial charge in [-0.05, 0) is 93.2 Å². The summed E-state index contributed by atoms with van der Waals surface area (Å²) in [7, 11) is 0. The van der Waals surface area contributed by atoms with Gasteiger partial charge in [0, 0.05) is 68.5 Å². The average molecular weight is 838 g/mol. The van der Waals surface area contributed by atoms with Crippen molar-refractivity contribution < 1.29 is 33.1 Å². The van der Waals surface area contributed by atoms with Crippen molar-refractivity contribution in [2.45, 2.75) is 38.1 Å². The highest BCUT2D eigenvalue weighted by atomic mass is 35.5. The normalized spacial score (nSPS) is 19.1. The number of hydrogen-bond acceptors (Lipinski definition) is 12. The third kappa shape index (κ3) is 8.81. The highest BCUT2D eigenvalue weighted by molar-refractivity contribution is 6.31. The summed E-state index contributed by atoms with van der Waals surface area (Å²) in [4.78, 5) is 79.9. The number of fused-ring (bicyclic) bond motifs is 2. The van der Waals surface area contributed by atoms with E-state index < -0.39 is 41.4 Å². The summed E-state index contributed by atoms with van der Waals surface area (Å²) < 4.78 is 20.0. The van der Waals surface area contributed by atoms with Crippen LogP contribution in [0.5, 0.6) is 5.75 Å². The topological polar surface area (TPSA) is 169 Å². The highest BCUT2D eigenvalue weighted by Crippen LogP contribution is 2.35. The first-order valence-corrected chi connectivity index (χ1v) is 20.5. The molecule has 3 saturated heterocycles. The number of nitrogens with zero attached hydrogens (tertiary/aromatic N) is 6. The van der Waals surface area contributed by atoms with Crippen molar-refractivity contribution in [3.8, 4) is 5.75 Å². The van der Waals surface area contributed by atoms with E-state index in [9.17, 15) is 28.4 Å². The fourth-order valence-corrected chi connectivity index (χ4v) is 8.55. The minimum absolute atomic E-state index is 0.0241. The molecule has 8 rings (SSSR count). The SMILES string of the molecule is C=CC(=O)Nc1cc2c(Nc3ccc(F)c(Cl)c3)ncnc2cc1OCCCN1CCC(CN2CCN(c3ccc4c(c3)C(=O)N(C3CCC(=O)NC3=O)C4=O)CC2)CC1. The van der Waals surface area contributed by atoms with Gasteiger partial charge in [-0.1, -0.05) is 18.2 Å². The van der Waals surface area contributed by atoms with Crippen LogP contribution in [0.4, 0.5) is 27.3 Å². The first kappa shape index (κ1) is 40.8. The van der Waals surface area contributed by atoms with E-state index in [1.165, 1.54) is 24.5 Å². The molecule has 0 radical (unpaired) electrons. The number of halogens is 2. The van der Waals surface area contributed by atoms with Gasteiger partial charge in [-0.25, -0.2) is 14.4 Å². The van der Waals surface area contributed by atoms with E-state index in [2.05, 4.69) is 47.2 Å². The summed E-state index contributed by atoms with van der Waals surface area (Å²) in [6.45, 7) is 11.3. The van der Waals surface area contributed by atoms with Gasteiger partial charge in [-0.3, -0.25) is 39.1 Å². The van der Waals surface area contributed by atoms with Crippen LogP contribution in [-0.2, 0) is 14.4 Å². The zero-order valence-electron chi connectivity index (χ0n) is 32.9. The largest absolute Gasteiger partial charge is 0.491 e. The molecule has 0 bridgehead atoms. The van der Waals surface area contributed by atoms with Gasteiger partial charge in [-0.2, -0.15) is 0 Å². The minimum Gasteiger partial charge on any atom is -0.491 e. The molecule has 17 heteroatoms. The molecule has 0 aliphatic carbocycles. The number of amides is 5. The number of ether oxygens (including phenoxy) is 1.